The van der Waals surface area contributed by atoms with Gasteiger partial charge in [-0.2, -0.15) is 0 Å². The monoisotopic (exact) mass is 271 g/mol. The van der Waals surface area contributed by atoms with Crippen LogP contribution in [0.4, 0.5) is 0 Å². The second kappa shape index (κ2) is 4.07. The Labute approximate surface area is 102 Å². The van der Waals surface area contributed by atoms with Crippen molar-refractivity contribution in [2.75, 3.05) is 0 Å². The predicted octanol–water partition coefficient (Wildman–Crippen LogP) is 1.42. The van der Waals surface area contributed by atoms with E-state index >= 15 is 0 Å². The van der Waals surface area contributed by atoms with Crippen LogP contribution in [-0.2, 0) is 15.5 Å². The number of benzene rings is 1. The molecule has 0 aromatic heterocycles. The summed E-state index contributed by atoms with van der Waals surface area (Å²) in [6, 6.07) is 4.35. The van der Waals surface area contributed by atoms with Gasteiger partial charge >= 0.3 is 5.71 Å². The number of rotatable bonds is 1. The third-order valence-electron chi connectivity index (χ3n) is 2.65. The molecule has 0 unspecified atom stereocenters. The van der Waals surface area contributed by atoms with E-state index in [1.165, 1.54) is 18.2 Å². The van der Waals surface area contributed by atoms with Gasteiger partial charge in [0.05, 0.1) is 21.6 Å². The fourth-order valence-electron chi connectivity index (χ4n) is 1.88. The maximum atomic E-state index is 11.8. The maximum absolute atomic E-state index is 11.8. The minimum atomic E-state index is -3.86. The largest absolute Gasteiger partial charge is 0.388 e. The standard InChI is InChI=1S/C10H8ClN2O3S/c11-17(15,16)9-3-1-2-7-6(9)4-5-8(13-12)10(7)14/h1-3,12H,4-5H2/q+1. The maximum Gasteiger partial charge on any atom is 0.388 e. The molecule has 0 fully saturated rings. The summed E-state index contributed by atoms with van der Waals surface area (Å²) in [5.41, 5.74) is 7.69. The Hall–Kier alpha value is -1.49. The second-order valence-electron chi connectivity index (χ2n) is 3.61. The van der Waals surface area contributed by atoms with Crippen LogP contribution in [-0.4, -0.2) is 24.7 Å². The molecule has 0 radical (unpaired) electrons. The van der Waals surface area contributed by atoms with E-state index < -0.39 is 14.8 Å². The zero-order valence-corrected chi connectivity index (χ0v) is 10.2. The molecule has 0 heterocycles. The van der Waals surface area contributed by atoms with E-state index in [0.717, 1.165) is 0 Å². The van der Waals surface area contributed by atoms with Crippen LogP contribution in [0, 0.1) is 5.53 Å². The van der Waals surface area contributed by atoms with Crippen LogP contribution in [0.5, 0.6) is 0 Å². The van der Waals surface area contributed by atoms with E-state index in [4.69, 9.17) is 16.2 Å². The minimum absolute atomic E-state index is 0.0333. The van der Waals surface area contributed by atoms with Crippen LogP contribution in [0.2, 0.25) is 0 Å². The molecule has 1 aliphatic carbocycles. The van der Waals surface area contributed by atoms with E-state index in [2.05, 4.69) is 4.79 Å². The number of hydrogen-bond donors (Lipinski definition) is 1. The number of nitrogens with zero attached hydrogens (tertiary/aromatic N) is 1. The van der Waals surface area contributed by atoms with Crippen molar-refractivity contribution in [3.05, 3.63) is 29.3 Å². The first-order valence-corrected chi connectivity index (χ1v) is 7.10. The minimum Gasteiger partial charge on any atom is -0.281 e. The molecule has 0 saturated heterocycles. The van der Waals surface area contributed by atoms with Crippen LogP contribution in [0.25, 0.3) is 0 Å². The fourth-order valence-corrected chi connectivity index (χ4v) is 3.06. The lowest BCUT2D eigenvalue weighted by Crippen LogP contribution is -2.24. The van der Waals surface area contributed by atoms with E-state index in [9.17, 15) is 13.2 Å². The van der Waals surface area contributed by atoms with Crippen molar-refractivity contribution in [1.29, 1.82) is 5.53 Å². The van der Waals surface area contributed by atoms with E-state index in [1.54, 1.807) is 0 Å². The number of fused-ring (bicyclic) bond motifs is 1. The second-order valence-corrected chi connectivity index (χ2v) is 6.14. The Morgan fingerprint density at radius 1 is 1.29 bits per heavy atom. The van der Waals surface area contributed by atoms with Crippen molar-refractivity contribution in [1.82, 2.24) is 0 Å². The SMILES string of the molecule is N=[N+]=C1CCc2c(cccc2S(=O)(=O)Cl)C1=O. The van der Waals surface area contributed by atoms with Gasteiger partial charge in [0, 0.05) is 16.2 Å². The highest BCUT2D eigenvalue weighted by Gasteiger charge is 2.34. The summed E-state index contributed by atoms with van der Waals surface area (Å²) >= 11 is 0. The molecule has 0 spiro atoms. The molecule has 1 aromatic carbocycles. The van der Waals surface area contributed by atoms with E-state index in [1.807, 2.05) is 0 Å². The van der Waals surface area contributed by atoms with Crippen LogP contribution in [0.3, 0.4) is 0 Å². The third kappa shape index (κ3) is 2.02. The van der Waals surface area contributed by atoms with Crippen LogP contribution < -0.4 is 0 Å². The van der Waals surface area contributed by atoms with Gasteiger partial charge in [-0.15, -0.1) is 0 Å². The summed E-state index contributed by atoms with van der Waals surface area (Å²) in [7, 11) is 1.45. The predicted molar refractivity (Wildman–Crippen MR) is 60.1 cm³/mol. The van der Waals surface area contributed by atoms with Crippen molar-refractivity contribution in [2.24, 2.45) is 0 Å². The third-order valence-corrected chi connectivity index (χ3v) is 4.06. The number of carbonyl (C=O) groups is 1. The lowest BCUT2D eigenvalue weighted by molar-refractivity contribution is -0.120. The fraction of sp³-hybridized carbons (Fsp3) is 0.200. The normalized spacial score (nSPS) is 15.4. The van der Waals surface area contributed by atoms with Gasteiger partial charge in [0.2, 0.25) is 0 Å². The van der Waals surface area contributed by atoms with Crippen molar-refractivity contribution in [2.45, 2.75) is 17.7 Å². The van der Waals surface area contributed by atoms with Gasteiger partial charge in [-0.25, -0.2) is 8.42 Å². The van der Waals surface area contributed by atoms with Gasteiger partial charge < -0.3 is 0 Å². The van der Waals surface area contributed by atoms with E-state index in [0.29, 0.717) is 12.0 Å². The van der Waals surface area contributed by atoms with Crippen molar-refractivity contribution < 1.29 is 18.0 Å². The highest BCUT2D eigenvalue weighted by molar-refractivity contribution is 8.13. The lowest BCUT2D eigenvalue weighted by Gasteiger charge is -2.13. The average Bonchev–Trinajstić information content (AvgIpc) is 2.28. The molecular weight excluding hydrogens is 264 g/mol. The molecule has 88 valence electrons. The Balaban J connectivity index is 2.72. The number of halogens is 1. The molecule has 1 aliphatic rings. The summed E-state index contributed by atoms with van der Waals surface area (Å²) < 4.78 is 22.7. The zero-order valence-electron chi connectivity index (χ0n) is 8.60. The molecule has 0 amide bonds. The molecule has 5 nitrogen and oxygen atoms in total. The topological polar surface area (TPSA) is 89.2 Å². The summed E-state index contributed by atoms with van der Waals surface area (Å²) in [5, 5.41) is 0. The highest BCUT2D eigenvalue weighted by atomic mass is 35.7. The molecule has 0 atom stereocenters. The van der Waals surface area contributed by atoms with Gasteiger partial charge in [-0.1, -0.05) is 12.1 Å². The van der Waals surface area contributed by atoms with Crippen molar-refractivity contribution in [3.8, 4) is 0 Å². The quantitative estimate of drug-likeness (QED) is 0.476. The molecule has 1 aromatic rings. The Morgan fingerprint density at radius 2 is 2.00 bits per heavy atom. The highest BCUT2D eigenvalue weighted by Crippen LogP contribution is 2.28. The van der Waals surface area contributed by atoms with Gasteiger partial charge in [0.15, 0.2) is 0 Å². The smallest absolute Gasteiger partial charge is 0.281 e. The summed E-state index contributed by atoms with van der Waals surface area (Å²) in [6.45, 7) is 0. The summed E-state index contributed by atoms with van der Waals surface area (Å²) in [6.07, 6.45) is 0.611. The number of ketones is 1. The van der Waals surface area contributed by atoms with Gasteiger partial charge in [-0.05, 0) is 18.1 Å². The van der Waals surface area contributed by atoms with Crippen LogP contribution in [0.1, 0.15) is 22.3 Å². The average molecular weight is 272 g/mol. The van der Waals surface area contributed by atoms with Crippen molar-refractivity contribution in [3.63, 3.8) is 0 Å². The number of Topliss-reactive ketones (excluding diaryl/α,β-unsaturated/α-hetero) is 1. The van der Waals surface area contributed by atoms with Gasteiger partial charge in [-0.3, -0.25) is 4.79 Å². The number of hydrogen-bond acceptors (Lipinski definition) is 4. The summed E-state index contributed by atoms with van der Waals surface area (Å²) in [4.78, 5) is 15.0. The first-order valence-electron chi connectivity index (χ1n) is 4.79. The molecule has 0 aliphatic heterocycles. The first-order chi connectivity index (χ1) is 7.95. The molecular formula is C10H8ClN2O3S+. The molecule has 17 heavy (non-hydrogen) atoms. The Bertz CT molecular complexity index is 660. The van der Waals surface area contributed by atoms with Crippen LogP contribution >= 0.6 is 10.7 Å². The number of carbonyl (C=O) groups excluding carboxylic acids is 1. The van der Waals surface area contributed by atoms with Gasteiger partial charge in [0.1, 0.15) is 0 Å². The van der Waals surface area contributed by atoms with Crippen molar-refractivity contribution >= 4 is 31.2 Å². The molecule has 0 saturated carbocycles. The Morgan fingerprint density at radius 3 is 2.59 bits per heavy atom. The lowest BCUT2D eigenvalue weighted by atomic mass is 9.89. The Kier molecular flexibility index (Phi) is 2.87. The zero-order chi connectivity index (χ0) is 12.6. The molecule has 7 heteroatoms. The van der Waals surface area contributed by atoms with Crippen LogP contribution in [0.15, 0.2) is 23.1 Å². The molecule has 0 bridgehead atoms. The molecule has 1 N–H and O–H groups in total. The first kappa shape index (κ1) is 12.0. The number of nitrogens with one attached hydrogen (secondary N) is 1. The summed E-state index contributed by atoms with van der Waals surface area (Å²) in [5.74, 6) is -0.400. The molecule has 2 rings (SSSR count). The van der Waals surface area contributed by atoms with E-state index in [-0.39, 0.29) is 22.6 Å². The van der Waals surface area contributed by atoms with Gasteiger partial charge in [0.25, 0.3) is 14.8 Å².